The second kappa shape index (κ2) is 6.89. The van der Waals surface area contributed by atoms with Crippen LogP contribution in [0.2, 0.25) is 5.15 Å². The van der Waals surface area contributed by atoms with Crippen LogP contribution in [0.4, 0.5) is 16.3 Å². The molecule has 0 saturated carbocycles. The number of rotatable bonds is 2. The molecule has 0 saturated heterocycles. The SMILES string of the molecule is Cc1c(Cl)nc2ccnn2c1N(C(=O)OC(C)(C)C)c1ccc(Br)cc1. The predicted molar refractivity (Wildman–Crippen MR) is 105 cm³/mol. The Morgan fingerprint density at radius 3 is 2.50 bits per heavy atom. The number of hydrogen-bond donors (Lipinski definition) is 0. The Bertz CT molecular complexity index is 964. The molecule has 1 amide bonds. The van der Waals surface area contributed by atoms with Crippen LogP contribution < -0.4 is 4.90 Å². The number of halogens is 2. The van der Waals surface area contributed by atoms with Gasteiger partial charge >= 0.3 is 6.09 Å². The van der Waals surface area contributed by atoms with E-state index < -0.39 is 11.7 Å². The maximum atomic E-state index is 13.1. The van der Waals surface area contributed by atoms with Gasteiger partial charge in [-0.05, 0) is 52.0 Å². The first kappa shape index (κ1) is 18.7. The molecule has 0 N–H and O–H groups in total. The lowest BCUT2D eigenvalue weighted by molar-refractivity contribution is 0.0597. The monoisotopic (exact) mass is 436 g/mol. The van der Waals surface area contributed by atoms with E-state index in [1.165, 1.54) is 4.90 Å². The molecule has 0 radical (unpaired) electrons. The summed E-state index contributed by atoms with van der Waals surface area (Å²) in [5.74, 6) is 0.488. The smallest absolute Gasteiger partial charge is 0.420 e. The van der Waals surface area contributed by atoms with Gasteiger partial charge < -0.3 is 4.74 Å². The minimum atomic E-state index is -0.654. The molecule has 0 aliphatic carbocycles. The standard InChI is InChI=1S/C18H18BrClN4O2/c1-11-15(20)22-14-9-10-21-24(14)16(11)23(17(25)26-18(2,3)4)13-7-5-12(19)6-8-13/h5-10H,1-4H3. The number of fused-ring (bicyclic) bond motifs is 1. The van der Waals surface area contributed by atoms with E-state index >= 15 is 0 Å². The Morgan fingerprint density at radius 1 is 1.23 bits per heavy atom. The van der Waals surface area contributed by atoms with Crippen molar-refractivity contribution in [2.75, 3.05) is 4.90 Å². The van der Waals surface area contributed by atoms with Crippen LogP contribution in [0, 0.1) is 6.92 Å². The third kappa shape index (κ3) is 3.68. The molecule has 8 heteroatoms. The molecular formula is C18H18BrClN4O2. The van der Waals surface area contributed by atoms with Crippen LogP contribution >= 0.6 is 27.5 Å². The van der Waals surface area contributed by atoms with Crippen LogP contribution in [0.15, 0.2) is 41.0 Å². The molecule has 1 aromatic carbocycles. The van der Waals surface area contributed by atoms with Crippen LogP contribution in [-0.2, 0) is 4.74 Å². The third-order valence-electron chi connectivity index (χ3n) is 3.55. The van der Waals surface area contributed by atoms with Gasteiger partial charge in [-0.3, -0.25) is 0 Å². The Morgan fingerprint density at radius 2 is 1.88 bits per heavy atom. The number of carbonyl (C=O) groups is 1. The zero-order valence-corrected chi connectivity index (χ0v) is 17.2. The molecule has 0 aliphatic heterocycles. The zero-order chi connectivity index (χ0) is 19.1. The predicted octanol–water partition coefficient (Wildman–Crippen LogP) is 5.53. The lowest BCUT2D eigenvalue weighted by Gasteiger charge is -2.28. The first-order chi connectivity index (χ1) is 12.2. The topological polar surface area (TPSA) is 59.7 Å². The fourth-order valence-electron chi connectivity index (χ4n) is 2.45. The second-order valence-electron chi connectivity index (χ2n) is 6.74. The molecule has 26 heavy (non-hydrogen) atoms. The summed E-state index contributed by atoms with van der Waals surface area (Å²) in [6.07, 6.45) is 1.08. The number of amides is 1. The first-order valence-corrected chi connectivity index (χ1v) is 9.13. The van der Waals surface area contributed by atoms with Crippen molar-refractivity contribution in [3.63, 3.8) is 0 Å². The largest absolute Gasteiger partial charge is 0.443 e. The normalized spacial score (nSPS) is 11.6. The Balaban J connectivity index is 2.24. The van der Waals surface area contributed by atoms with Crippen LogP contribution in [0.5, 0.6) is 0 Å². The number of carbonyl (C=O) groups excluding carboxylic acids is 1. The van der Waals surface area contributed by atoms with E-state index in [4.69, 9.17) is 16.3 Å². The quantitative estimate of drug-likeness (QED) is 0.495. The van der Waals surface area contributed by atoms with Crippen LogP contribution in [0.1, 0.15) is 26.3 Å². The third-order valence-corrected chi connectivity index (χ3v) is 4.45. The Hall–Kier alpha value is -2.12. The van der Waals surface area contributed by atoms with Crippen molar-refractivity contribution >= 4 is 50.8 Å². The lowest BCUT2D eigenvalue weighted by atomic mass is 10.2. The maximum Gasteiger partial charge on any atom is 0.420 e. The van der Waals surface area contributed by atoms with Crippen molar-refractivity contribution in [2.45, 2.75) is 33.3 Å². The molecule has 0 spiro atoms. The van der Waals surface area contributed by atoms with Gasteiger partial charge in [-0.25, -0.2) is 14.7 Å². The molecule has 0 aliphatic rings. The summed E-state index contributed by atoms with van der Waals surface area (Å²) in [5, 5.41) is 4.60. The van der Waals surface area contributed by atoms with Gasteiger partial charge in [0.05, 0.1) is 11.9 Å². The van der Waals surface area contributed by atoms with E-state index in [1.54, 1.807) is 23.7 Å². The fraction of sp³-hybridized carbons (Fsp3) is 0.278. The van der Waals surface area contributed by atoms with Crippen molar-refractivity contribution in [1.29, 1.82) is 0 Å². The van der Waals surface area contributed by atoms with Gasteiger partial charge in [-0.2, -0.15) is 9.61 Å². The Labute approximate surface area is 164 Å². The summed E-state index contributed by atoms with van der Waals surface area (Å²) < 4.78 is 8.11. The highest BCUT2D eigenvalue weighted by atomic mass is 79.9. The van der Waals surface area contributed by atoms with E-state index in [1.807, 2.05) is 45.0 Å². The van der Waals surface area contributed by atoms with Gasteiger partial charge in [-0.1, -0.05) is 27.5 Å². The van der Waals surface area contributed by atoms with E-state index in [-0.39, 0.29) is 0 Å². The summed E-state index contributed by atoms with van der Waals surface area (Å²) in [6, 6.07) is 9.06. The average molecular weight is 438 g/mol. The number of ether oxygens (including phenoxy) is 1. The molecule has 2 aromatic heterocycles. The van der Waals surface area contributed by atoms with E-state index in [0.717, 1.165) is 4.47 Å². The molecule has 0 fully saturated rings. The fourth-order valence-corrected chi connectivity index (χ4v) is 2.89. The van der Waals surface area contributed by atoms with Gasteiger partial charge in [0.1, 0.15) is 10.8 Å². The van der Waals surface area contributed by atoms with Crippen LogP contribution in [0.3, 0.4) is 0 Å². The molecule has 136 valence electrons. The van der Waals surface area contributed by atoms with Gasteiger partial charge in [-0.15, -0.1) is 0 Å². The molecule has 0 atom stereocenters. The molecule has 3 aromatic rings. The summed E-state index contributed by atoms with van der Waals surface area (Å²) in [4.78, 5) is 18.8. The highest BCUT2D eigenvalue weighted by Gasteiger charge is 2.29. The minimum Gasteiger partial charge on any atom is -0.443 e. The molecule has 6 nitrogen and oxygen atoms in total. The second-order valence-corrected chi connectivity index (χ2v) is 8.02. The van der Waals surface area contributed by atoms with Gasteiger partial charge in [0.2, 0.25) is 0 Å². The number of aromatic nitrogens is 3. The van der Waals surface area contributed by atoms with Gasteiger partial charge in [0, 0.05) is 16.1 Å². The highest BCUT2D eigenvalue weighted by molar-refractivity contribution is 9.10. The number of hydrogen-bond acceptors (Lipinski definition) is 4. The van der Waals surface area contributed by atoms with E-state index in [0.29, 0.717) is 27.9 Å². The summed E-state index contributed by atoms with van der Waals surface area (Å²) >= 11 is 9.72. The molecule has 2 heterocycles. The lowest BCUT2D eigenvalue weighted by Crippen LogP contribution is -2.35. The van der Waals surface area contributed by atoms with Crippen molar-refractivity contribution in [3.8, 4) is 0 Å². The molecule has 0 bridgehead atoms. The Kier molecular flexibility index (Phi) is 4.94. The summed E-state index contributed by atoms with van der Waals surface area (Å²) in [6.45, 7) is 7.25. The number of anilines is 2. The van der Waals surface area contributed by atoms with Crippen molar-refractivity contribution in [2.24, 2.45) is 0 Å². The van der Waals surface area contributed by atoms with Crippen molar-refractivity contribution in [1.82, 2.24) is 14.6 Å². The molecule has 3 rings (SSSR count). The van der Waals surface area contributed by atoms with Crippen LogP contribution in [0.25, 0.3) is 5.65 Å². The number of benzene rings is 1. The first-order valence-electron chi connectivity index (χ1n) is 7.96. The molecular weight excluding hydrogens is 420 g/mol. The van der Waals surface area contributed by atoms with Crippen molar-refractivity contribution < 1.29 is 9.53 Å². The minimum absolute atomic E-state index is 0.304. The maximum absolute atomic E-state index is 13.1. The highest BCUT2D eigenvalue weighted by Crippen LogP contribution is 2.33. The average Bonchev–Trinajstić information content (AvgIpc) is 2.99. The zero-order valence-electron chi connectivity index (χ0n) is 14.8. The van der Waals surface area contributed by atoms with Gasteiger partial charge in [0.25, 0.3) is 0 Å². The van der Waals surface area contributed by atoms with Gasteiger partial charge in [0.15, 0.2) is 11.5 Å². The molecule has 0 unspecified atom stereocenters. The summed E-state index contributed by atoms with van der Waals surface area (Å²) in [5.41, 5.74) is 1.14. The summed E-state index contributed by atoms with van der Waals surface area (Å²) in [7, 11) is 0. The van der Waals surface area contributed by atoms with E-state index in [9.17, 15) is 4.79 Å². The van der Waals surface area contributed by atoms with Crippen molar-refractivity contribution in [3.05, 3.63) is 51.7 Å². The van der Waals surface area contributed by atoms with Crippen LogP contribution in [-0.4, -0.2) is 26.3 Å². The number of nitrogens with zero attached hydrogens (tertiary/aromatic N) is 4. The van der Waals surface area contributed by atoms with E-state index in [2.05, 4.69) is 26.0 Å².